The maximum atomic E-state index is 12.2. The Morgan fingerprint density at radius 2 is 2.00 bits per heavy atom. The lowest BCUT2D eigenvalue weighted by Gasteiger charge is -2.27. The first-order chi connectivity index (χ1) is 13.8. The van der Waals surface area contributed by atoms with Gasteiger partial charge in [0.2, 0.25) is 5.91 Å². The number of anilines is 1. The van der Waals surface area contributed by atoms with Crippen LogP contribution in [0.15, 0.2) is 12.5 Å². The predicted molar refractivity (Wildman–Crippen MR) is 107 cm³/mol. The van der Waals surface area contributed by atoms with Crippen LogP contribution < -0.4 is 10.2 Å². The highest BCUT2D eigenvalue weighted by Crippen LogP contribution is 2.27. The number of morpholine rings is 1. The Kier molecular flexibility index (Phi) is 6.36. The monoisotopic (exact) mass is 386 g/mol. The largest absolute Gasteiger partial charge is 0.378 e. The minimum Gasteiger partial charge on any atom is -0.378 e. The second kappa shape index (κ2) is 9.32. The molecule has 2 aromatic rings. The van der Waals surface area contributed by atoms with Crippen LogP contribution >= 0.6 is 0 Å². The van der Waals surface area contributed by atoms with Crippen molar-refractivity contribution in [3.63, 3.8) is 0 Å². The van der Waals surface area contributed by atoms with Crippen LogP contribution in [-0.4, -0.2) is 58.5 Å². The van der Waals surface area contributed by atoms with E-state index in [2.05, 4.69) is 25.3 Å². The van der Waals surface area contributed by atoms with Crippen molar-refractivity contribution in [2.75, 3.05) is 37.7 Å². The number of ether oxygens (including phenoxy) is 1. The van der Waals surface area contributed by atoms with Crippen molar-refractivity contribution >= 4 is 22.8 Å². The van der Waals surface area contributed by atoms with Crippen LogP contribution in [0.5, 0.6) is 0 Å². The maximum Gasteiger partial charge on any atom is 0.220 e. The van der Waals surface area contributed by atoms with Crippen LogP contribution in [0.1, 0.15) is 44.9 Å². The number of rotatable bonds is 7. The zero-order chi connectivity index (χ0) is 19.2. The van der Waals surface area contributed by atoms with Gasteiger partial charge in [0.1, 0.15) is 12.1 Å². The standard InChI is InChI=1S/C20H30N6O2/c27-18(7-6-16-4-2-1-3-5-16)21-8-9-26-20-17(14-24-26)19(22-15-23-20)25-10-12-28-13-11-25/h14-16H,1-13H2,(H,21,27). The van der Waals surface area contributed by atoms with Gasteiger partial charge in [-0.2, -0.15) is 5.10 Å². The van der Waals surface area contributed by atoms with Crippen LogP contribution in [0.25, 0.3) is 11.0 Å². The van der Waals surface area contributed by atoms with Gasteiger partial charge >= 0.3 is 0 Å². The molecule has 4 rings (SSSR count). The summed E-state index contributed by atoms with van der Waals surface area (Å²) in [6.07, 6.45) is 11.7. The number of fused-ring (bicyclic) bond motifs is 1. The number of hydrogen-bond acceptors (Lipinski definition) is 6. The van der Waals surface area contributed by atoms with Crippen molar-refractivity contribution in [2.45, 2.75) is 51.5 Å². The Labute approximate surface area is 165 Å². The minimum atomic E-state index is 0.144. The number of nitrogens with zero attached hydrogens (tertiary/aromatic N) is 5. The summed E-state index contributed by atoms with van der Waals surface area (Å²) in [7, 11) is 0. The number of carbonyl (C=O) groups excluding carboxylic acids is 1. The van der Waals surface area contributed by atoms with E-state index in [1.807, 2.05) is 10.9 Å². The smallest absolute Gasteiger partial charge is 0.220 e. The molecule has 0 spiro atoms. The van der Waals surface area contributed by atoms with Gasteiger partial charge in [0, 0.05) is 26.1 Å². The molecule has 8 nitrogen and oxygen atoms in total. The first kappa shape index (κ1) is 19.1. The Morgan fingerprint density at radius 1 is 1.18 bits per heavy atom. The van der Waals surface area contributed by atoms with Crippen molar-refractivity contribution in [2.24, 2.45) is 5.92 Å². The third-order valence-corrected chi connectivity index (χ3v) is 5.87. The van der Waals surface area contributed by atoms with Crippen LogP contribution in [0.4, 0.5) is 5.82 Å². The van der Waals surface area contributed by atoms with Gasteiger partial charge in [-0.1, -0.05) is 32.1 Å². The van der Waals surface area contributed by atoms with E-state index in [9.17, 15) is 4.79 Å². The molecular formula is C20H30N6O2. The van der Waals surface area contributed by atoms with E-state index >= 15 is 0 Å². The van der Waals surface area contributed by atoms with E-state index in [0.717, 1.165) is 42.3 Å². The second-order valence-corrected chi connectivity index (χ2v) is 7.79. The molecule has 3 heterocycles. The predicted octanol–water partition coefficient (Wildman–Crippen LogP) is 2.14. The van der Waals surface area contributed by atoms with E-state index < -0.39 is 0 Å². The molecule has 0 bridgehead atoms. The Balaban J connectivity index is 1.29. The van der Waals surface area contributed by atoms with Gasteiger partial charge < -0.3 is 15.0 Å². The first-order valence-corrected chi connectivity index (χ1v) is 10.6. The number of nitrogens with one attached hydrogen (secondary N) is 1. The highest BCUT2D eigenvalue weighted by molar-refractivity contribution is 5.86. The van der Waals surface area contributed by atoms with Gasteiger partial charge in [-0.25, -0.2) is 14.6 Å². The lowest BCUT2D eigenvalue weighted by molar-refractivity contribution is -0.121. The number of carbonyl (C=O) groups is 1. The Morgan fingerprint density at radius 3 is 2.82 bits per heavy atom. The summed E-state index contributed by atoms with van der Waals surface area (Å²) in [6, 6.07) is 0. The molecule has 8 heteroatoms. The van der Waals surface area contributed by atoms with Gasteiger partial charge in [-0.3, -0.25) is 4.79 Å². The highest BCUT2D eigenvalue weighted by atomic mass is 16.5. The molecule has 1 aliphatic heterocycles. The van der Waals surface area contributed by atoms with E-state index in [4.69, 9.17) is 4.74 Å². The van der Waals surface area contributed by atoms with Crippen molar-refractivity contribution in [1.29, 1.82) is 0 Å². The highest BCUT2D eigenvalue weighted by Gasteiger charge is 2.18. The van der Waals surface area contributed by atoms with Crippen LogP contribution in [0.2, 0.25) is 0 Å². The van der Waals surface area contributed by atoms with Crippen LogP contribution in [0, 0.1) is 5.92 Å². The van der Waals surface area contributed by atoms with Gasteiger partial charge in [-0.15, -0.1) is 0 Å². The van der Waals surface area contributed by atoms with Gasteiger partial charge in [-0.05, 0) is 12.3 Å². The molecule has 2 fully saturated rings. The third-order valence-electron chi connectivity index (χ3n) is 5.87. The number of amides is 1. The molecule has 152 valence electrons. The molecule has 1 saturated heterocycles. The van der Waals surface area contributed by atoms with Crippen LogP contribution in [0.3, 0.4) is 0 Å². The summed E-state index contributed by atoms with van der Waals surface area (Å²) in [5.41, 5.74) is 0.813. The lowest BCUT2D eigenvalue weighted by atomic mass is 9.86. The van der Waals surface area contributed by atoms with E-state index in [1.165, 1.54) is 32.1 Å². The second-order valence-electron chi connectivity index (χ2n) is 7.79. The molecule has 28 heavy (non-hydrogen) atoms. The summed E-state index contributed by atoms with van der Waals surface area (Å²) in [5, 5.41) is 8.46. The molecule has 0 unspecified atom stereocenters. The van der Waals surface area contributed by atoms with Crippen LogP contribution in [-0.2, 0) is 16.1 Å². The molecule has 1 amide bonds. The topological polar surface area (TPSA) is 85.2 Å². The summed E-state index contributed by atoms with van der Waals surface area (Å²) in [4.78, 5) is 23.2. The summed E-state index contributed by atoms with van der Waals surface area (Å²) < 4.78 is 7.28. The quantitative estimate of drug-likeness (QED) is 0.785. The van der Waals surface area contributed by atoms with Crippen molar-refractivity contribution in [3.05, 3.63) is 12.5 Å². The molecule has 1 aliphatic carbocycles. The SMILES string of the molecule is O=C(CCC1CCCCC1)NCCn1ncc2c(N3CCOCC3)ncnc21. The van der Waals surface area contributed by atoms with Crippen molar-refractivity contribution in [1.82, 2.24) is 25.1 Å². The Bertz CT molecular complexity index is 780. The van der Waals surface area contributed by atoms with Crippen molar-refractivity contribution in [3.8, 4) is 0 Å². The summed E-state index contributed by atoms with van der Waals surface area (Å²) >= 11 is 0. The van der Waals surface area contributed by atoms with Crippen molar-refractivity contribution < 1.29 is 9.53 Å². The fourth-order valence-electron chi connectivity index (χ4n) is 4.27. The van der Waals surface area contributed by atoms with E-state index in [0.29, 0.717) is 32.7 Å². The average molecular weight is 387 g/mol. The molecule has 0 aromatic carbocycles. The molecular weight excluding hydrogens is 356 g/mol. The molecule has 2 aromatic heterocycles. The average Bonchev–Trinajstić information content (AvgIpc) is 3.17. The fraction of sp³-hybridized carbons (Fsp3) is 0.700. The van der Waals surface area contributed by atoms with Gasteiger partial charge in [0.25, 0.3) is 0 Å². The van der Waals surface area contributed by atoms with Gasteiger partial charge in [0.05, 0.1) is 31.3 Å². The number of aromatic nitrogens is 4. The van der Waals surface area contributed by atoms with E-state index in [1.54, 1.807) is 6.33 Å². The molecule has 0 radical (unpaired) electrons. The minimum absolute atomic E-state index is 0.144. The zero-order valence-electron chi connectivity index (χ0n) is 16.5. The molecule has 0 atom stereocenters. The summed E-state index contributed by atoms with van der Waals surface area (Å²) in [5.74, 6) is 1.80. The van der Waals surface area contributed by atoms with Gasteiger partial charge in [0.15, 0.2) is 5.65 Å². The zero-order valence-corrected chi connectivity index (χ0v) is 16.5. The third kappa shape index (κ3) is 4.60. The lowest BCUT2D eigenvalue weighted by Crippen LogP contribution is -2.36. The van der Waals surface area contributed by atoms with E-state index in [-0.39, 0.29) is 5.91 Å². The molecule has 2 aliphatic rings. The fourth-order valence-corrected chi connectivity index (χ4v) is 4.27. The summed E-state index contributed by atoms with van der Waals surface area (Å²) in [6.45, 7) is 4.26. The maximum absolute atomic E-state index is 12.2. The molecule has 1 N–H and O–H groups in total. The Hall–Kier alpha value is -2.22. The normalized spacial score (nSPS) is 18.5. The molecule has 1 saturated carbocycles. The number of hydrogen-bond donors (Lipinski definition) is 1. The first-order valence-electron chi connectivity index (χ1n) is 10.6.